The normalized spacial score (nSPS) is 22.1. The van der Waals surface area contributed by atoms with Gasteiger partial charge in [-0.3, -0.25) is 0 Å². The van der Waals surface area contributed by atoms with Crippen molar-refractivity contribution in [3.63, 3.8) is 0 Å². The summed E-state index contributed by atoms with van der Waals surface area (Å²) in [5.41, 5.74) is 0. The fraction of sp³-hybridized carbons (Fsp3) is 1.00. The topological polar surface area (TPSA) is 0 Å². The Morgan fingerprint density at radius 1 is 0.529 bits per heavy atom. The third-order valence-electron chi connectivity index (χ3n) is 1.75. The van der Waals surface area contributed by atoms with E-state index in [4.69, 9.17) is 0 Å². The molecule has 0 aliphatic carbocycles. The van der Waals surface area contributed by atoms with E-state index in [-0.39, 0.29) is 0 Å². The Labute approximate surface area is 88.6 Å². The van der Waals surface area contributed by atoms with Crippen LogP contribution in [0.2, 0.25) is 0 Å². The summed E-state index contributed by atoms with van der Waals surface area (Å²) in [6.45, 7) is 0. The van der Waals surface area contributed by atoms with Crippen LogP contribution in [-0.2, 0) is 0 Å². The predicted octanol–water partition coefficient (Wildman–Crippen LogP) is 3.50. The highest BCUT2D eigenvalue weighted by molar-refractivity contribution is 4.89. The third kappa shape index (κ3) is 4.23. The number of hydrogen-bond acceptors (Lipinski definition) is 0. The Morgan fingerprint density at radius 2 is 0.882 bits per heavy atom. The molecule has 0 saturated heterocycles. The molecule has 0 saturated carbocycles. The Bertz CT molecular complexity index is 225. The zero-order valence-corrected chi connectivity index (χ0v) is 7.74. The van der Waals surface area contributed by atoms with E-state index in [9.17, 15) is 43.9 Å². The minimum Gasteiger partial charge on any atom is -0.241 e. The minimum atomic E-state index is -5.83. The van der Waals surface area contributed by atoms with E-state index in [1.54, 1.807) is 0 Å². The smallest absolute Gasteiger partial charge is 0.241 e. The van der Waals surface area contributed by atoms with E-state index >= 15 is 0 Å². The van der Waals surface area contributed by atoms with Crippen molar-refractivity contribution in [2.75, 3.05) is 0 Å². The van der Waals surface area contributed by atoms with Crippen LogP contribution in [0, 0.1) is 0 Å². The van der Waals surface area contributed by atoms with Crippen LogP contribution in [0.25, 0.3) is 0 Å². The van der Waals surface area contributed by atoms with Crippen LogP contribution in [0.5, 0.6) is 0 Å². The molecule has 0 aromatic heterocycles. The van der Waals surface area contributed by atoms with Crippen molar-refractivity contribution < 1.29 is 43.9 Å². The Morgan fingerprint density at radius 3 is 1.18 bits per heavy atom. The van der Waals surface area contributed by atoms with E-state index < -0.39 is 43.5 Å². The van der Waals surface area contributed by atoms with Crippen molar-refractivity contribution in [2.24, 2.45) is 0 Å². The lowest BCUT2D eigenvalue weighted by Crippen LogP contribution is -2.46. The lowest BCUT2D eigenvalue weighted by Gasteiger charge is -2.23. The number of hydrogen-bond donors (Lipinski definition) is 0. The van der Waals surface area contributed by atoms with E-state index in [0.717, 1.165) is 0 Å². The largest absolute Gasteiger partial charge is 0.422 e. The van der Waals surface area contributed by atoms with Gasteiger partial charge in [-0.2, -0.15) is 13.2 Å². The van der Waals surface area contributed by atoms with Crippen LogP contribution in [0.3, 0.4) is 0 Å². The van der Waals surface area contributed by atoms with Gasteiger partial charge in [0.2, 0.25) is 6.17 Å². The summed E-state index contributed by atoms with van der Waals surface area (Å²) in [4.78, 5) is 0. The van der Waals surface area contributed by atoms with Gasteiger partial charge in [0.1, 0.15) is 0 Å². The molecule has 0 fully saturated rings. The molecule has 0 aliphatic heterocycles. The fourth-order valence-electron chi connectivity index (χ4n) is 0.832. The van der Waals surface area contributed by atoms with Crippen LogP contribution in [0.4, 0.5) is 43.9 Å². The zero-order valence-electron chi connectivity index (χ0n) is 7.74. The second-order valence-corrected chi connectivity index (χ2v) is 3.06. The molecule has 0 bridgehead atoms. The number of halogens is 10. The van der Waals surface area contributed by atoms with Crippen LogP contribution < -0.4 is 0 Å². The highest BCUT2D eigenvalue weighted by Crippen LogP contribution is 2.32. The Hall–Kier alpha value is -0.700. The molecule has 0 aromatic carbocycles. The Kier molecular flexibility index (Phi) is 5.53. The van der Waals surface area contributed by atoms with Crippen molar-refractivity contribution >= 4 is 0 Å². The van der Waals surface area contributed by atoms with E-state index in [1.807, 2.05) is 0 Å². The van der Waals surface area contributed by atoms with Gasteiger partial charge in [-0.1, -0.05) is 0 Å². The van der Waals surface area contributed by atoms with E-state index in [1.165, 1.54) is 0 Å². The minimum absolute atomic E-state index is 3.83. The maximum Gasteiger partial charge on any atom is 0.422 e. The first kappa shape index (κ1) is 16.3. The second kappa shape index (κ2) is 5.76. The maximum atomic E-state index is 12.5. The molecule has 0 N–H and O–H groups in total. The number of alkyl halides is 10. The van der Waals surface area contributed by atoms with E-state index in [2.05, 4.69) is 0 Å². The maximum absolute atomic E-state index is 12.5. The highest BCUT2D eigenvalue weighted by Gasteiger charge is 2.52. The molecule has 0 heterocycles. The summed E-state index contributed by atoms with van der Waals surface area (Å²) < 4.78 is 119. The predicted molar refractivity (Wildman–Crippen MR) is 36.5 cm³/mol. The van der Waals surface area contributed by atoms with Gasteiger partial charge in [0.15, 0.2) is 24.7 Å². The number of rotatable bonds is 5. The molecule has 10 heteroatoms. The summed E-state index contributed by atoms with van der Waals surface area (Å²) in [6, 6.07) is 0. The average molecular weight is 280 g/mol. The molecule has 0 rings (SSSR count). The van der Waals surface area contributed by atoms with Gasteiger partial charge < -0.3 is 0 Å². The van der Waals surface area contributed by atoms with Gasteiger partial charge in [-0.25, -0.2) is 30.7 Å². The van der Waals surface area contributed by atoms with Gasteiger partial charge in [0, 0.05) is 0 Å². The Balaban J connectivity index is 4.65. The van der Waals surface area contributed by atoms with Crippen molar-refractivity contribution in [1.29, 1.82) is 0 Å². The lowest BCUT2D eigenvalue weighted by atomic mass is 10.0. The quantitative estimate of drug-likeness (QED) is 0.676. The fourth-order valence-corrected chi connectivity index (χ4v) is 0.832. The van der Waals surface area contributed by atoms with Gasteiger partial charge in [0.05, 0.1) is 0 Å². The van der Waals surface area contributed by atoms with E-state index in [0.29, 0.717) is 0 Å². The highest BCUT2D eigenvalue weighted by atomic mass is 19.4. The molecule has 5 atom stereocenters. The molecule has 5 unspecified atom stereocenters. The molecule has 0 nitrogen and oxygen atoms in total. The molecule has 0 aromatic rings. The first-order valence-electron chi connectivity index (χ1n) is 4.05. The third-order valence-corrected chi connectivity index (χ3v) is 1.75. The molecule has 17 heavy (non-hydrogen) atoms. The van der Waals surface area contributed by atoms with Crippen LogP contribution in [-0.4, -0.2) is 43.5 Å². The molecule has 104 valence electrons. The van der Waals surface area contributed by atoms with Gasteiger partial charge in [-0.05, 0) is 0 Å². The summed E-state index contributed by atoms with van der Waals surface area (Å²) in [5, 5.41) is 0. The molecule has 0 aliphatic rings. The van der Waals surface area contributed by atoms with Crippen molar-refractivity contribution in [3.8, 4) is 0 Å². The lowest BCUT2D eigenvalue weighted by molar-refractivity contribution is -0.206. The molecule has 0 radical (unpaired) electrons. The molecule has 0 amide bonds. The standard InChI is InChI=1S/C7H6F10/c8-1(2(9)4(11)6(13)14)3(10)5(12)7(15,16)17/h1-6H. The zero-order chi connectivity index (χ0) is 14.0. The van der Waals surface area contributed by atoms with Crippen LogP contribution in [0.1, 0.15) is 0 Å². The van der Waals surface area contributed by atoms with Gasteiger partial charge >= 0.3 is 6.18 Å². The molecular weight excluding hydrogens is 274 g/mol. The summed E-state index contributed by atoms with van der Waals surface area (Å²) >= 11 is 0. The molecule has 0 spiro atoms. The van der Waals surface area contributed by atoms with Crippen molar-refractivity contribution in [2.45, 2.75) is 43.5 Å². The van der Waals surface area contributed by atoms with Crippen LogP contribution in [0.15, 0.2) is 0 Å². The molecular formula is C7H6F10. The first-order valence-corrected chi connectivity index (χ1v) is 4.05. The summed E-state index contributed by atoms with van der Waals surface area (Å²) in [5.74, 6) is 0. The van der Waals surface area contributed by atoms with Crippen LogP contribution >= 0.6 is 0 Å². The monoisotopic (exact) mass is 280 g/mol. The van der Waals surface area contributed by atoms with Gasteiger partial charge in [-0.15, -0.1) is 0 Å². The van der Waals surface area contributed by atoms with Crippen molar-refractivity contribution in [1.82, 2.24) is 0 Å². The second-order valence-electron chi connectivity index (χ2n) is 3.06. The summed E-state index contributed by atoms with van der Waals surface area (Å²) in [6.07, 6.45) is -30.1. The summed E-state index contributed by atoms with van der Waals surface area (Å²) in [7, 11) is 0. The van der Waals surface area contributed by atoms with Gasteiger partial charge in [0.25, 0.3) is 6.43 Å². The average Bonchev–Trinajstić information content (AvgIpc) is 2.22. The van der Waals surface area contributed by atoms with Crippen molar-refractivity contribution in [3.05, 3.63) is 0 Å². The SMILES string of the molecule is FC(F)C(F)C(F)C(F)C(F)C(F)C(F)(F)F. The first-order chi connectivity index (χ1) is 7.50.